The fraction of sp³-hybridized carbons (Fsp3) is 0.250. The molecule has 0 amide bonds. The number of nitrogens with two attached hydrogens (primary N) is 1. The molecule has 1 aliphatic heterocycles. The zero-order valence-electron chi connectivity index (χ0n) is 14.7. The molecular formula is C20H21N5O. The van der Waals surface area contributed by atoms with Crippen molar-refractivity contribution >= 4 is 11.5 Å². The maximum absolute atomic E-state index is 5.83. The van der Waals surface area contributed by atoms with Gasteiger partial charge in [-0.15, -0.1) is 0 Å². The quantitative estimate of drug-likeness (QED) is 0.734. The minimum atomic E-state index is 0.691. The highest BCUT2D eigenvalue weighted by molar-refractivity contribution is 5.72. The molecule has 4 rings (SSSR count). The molecule has 1 saturated heterocycles. The topological polar surface area (TPSA) is 77.2 Å². The number of hydrogen-bond acceptors (Lipinski definition) is 6. The van der Waals surface area contributed by atoms with Gasteiger partial charge in [-0.25, -0.2) is 9.97 Å². The van der Waals surface area contributed by atoms with Crippen molar-refractivity contribution < 1.29 is 4.74 Å². The highest BCUT2D eigenvalue weighted by atomic mass is 16.5. The molecule has 6 heteroatoms. The highest BCUT2D eigenvalue weighted by Gasteiger charge is 2.20. The van der Waals surface area contributed by atoms with E-state index < -0.39 is 0 Å². The number of pyridine rings is 1. The van der Waals surface area contributed by atoms with E-state index in [9.17, 15) is 0 Å². The first kappa shape index (κ1) is 16.5. The Morgan fingerprint density at radius 3 is 2.46 bits per heavy atom. The predicted molar refractivity (Wildman–Crippen MR) is 103 cm³/mol. The van der Waals surface area contributed by atoms with Gasteiger partial charge in [0, 0.05) is 47.9 Å². The summed E-state index contributed by atoms with van der Waals surface area (Å²) in [6.07, 6.45) is 3.61. The maximum Gasteiger partial charge on any atom is 0.162 e. The van der Waals surface area contributed by atoms with Crippen LogP contribution >= 0.6 is 0 Å². The van der Waals surface area contributed by atoms with Crippen LogP contribution in [-0.2, 0) is 4.74 Å². The van der Waals surface area contributed by atoms with Crippen LogP contribution in [0.25, 0.3) is 22.6 Å². The fourth-order valence-corrected chi connectivity index (χ4v) is 3.13. The van der Waals surface area contributed by atoms with Gasteiger partial charge in [-0.05, 0) is 43.3 Å². The number of anilines is 2. The van der Waals surface area contributed by atoms with E-state index in [2.05, 4.69) is 16.8 Å². The Morgan fingerprint density at radius 1 is 1.00 bits per heavy atom. The number of rotatable bonds is 3. The van der Waals surface area contributed by atoms with Crippen LogP contribution in [0.15, 0.2) is 48.8 Å². The minimum Gasteiger partial charge on any atom is -0.399 e. The minimum absolute atomic E-state index is 0.691. The average molecular weight is 347 g/mol. The summed E-state index contributed by atoms with van der Waals surface area (Å²) < 4.78 is 5.50. The standard InChI is InChI=1S/C20H21N5O/c1-14-18(16-3-2-8-22-13-16)23-19(15-4-6-17(21)7-5-15)24-20(14)25-9-11-26-12-10-25/h2-8,13H,9-12,21H2,1H3. The molecule has 1 fully saturated rings. The van der Waals surface area contributed by atoms with Crippen molar-refractivity contribution in [3.05, 3.63) is 54.4 Å². The lowest BCUT2D eigenvalue weighted by Gasteiger charge is -2.30. The van der Waals surface area contributed by atoms with Gasteiger partial charge < -0.3 is 15.4 Å². The Morgan fingerprint density at radius 2 is 1.77 bits per heavy atom. The molecule has 0 radical (unpaired) electrons. The van der Waals surface area contributed by atoms with Gasteiger partial charge in [-0.1, -0.05) is 0 Å². The third-order valence-corrected chi connectivity index (χ3v) is 4.53. The molecule has 0 unspecified atom stereocenters. The molecule has 132 valence electrons. The van der Waals surface area contributed by atoms with Crippen LogP contribution in [-0.4, -0.2) is 41.3 Å². The number of nitrogen functional groups attached to an aromatic ring is 1. The third kappa shape index (κ3) is 3.23. The zero-order chi connectivity index (χ0) is 17.9. The van der Waals surface area contributed by atoms with E-state index in [1.165, 1.54) is 0 Å². The Balaban J connectivity index is 1.87. The first-order valence-electron chi connectivity index (χ1n) is 8.70. The molecule has 2 aromatic heterocycles. The van der Waals surface area contributed by atoms with Gasteiger partial charge in [-0.3, -0.25) is 4.98 Å². The lowest BCUT2D eigenvalue weighted by Crippen LogP contribution is -2.37. The first-order valence-corrected chi connectivity index (χ1v) is 8.70. The molecular weight excluding hydrogens is 326 g/mol. The Hall–Kier alpha value is -2.99. The lowest BCUT2D eigenvalue weighted by atomic mass is 10.1. The first-order chi connectivity index (χ1) is 12.7. The van der Waals surface area contributed by atoms with Gasteiger partial charge in [0.1, 0.15) is 5.82 Å². The van der Waals surface area contributed by atoms with Gasteiger partial charge in [0.25, 0.3) is 0 Å². The van der Waals surface area contributed by atoms with Crippen LogP contribution in [0, 0.1) is 6.92 Å². The van der Waals surface area contributed by atoms with Crippen molar-refractivity contribution in [1.29, 1.82) is 0 Å². The smallest absolute Gasteiger partial charge is 0.162 e. The van der Waals surface area contributed by atoms with Crippen molar-refractivity contribution in [2.24, 2.45) is 0 Å². The van der Waals surface area contributed by atoms with Gasteiger partial charge in [0.05, 0.1) is 18.9 Å². The number of nitrogens with zero attached hydrogens (tertiary/aromatic N) is 4. The van der Waals surface area contributed by atoms with E-state index in [1.807, 2.05) is 42.6 Å². The Kier molecular flexibility index (Phi) is 4.50. The molecule has 0 aliphatic carbocycles. The summed E-state index contributed by atoms with van der Waals surface area (Å²) in [5.74, 6) is 1.64. The van der Waals surface area contributed by atoms with Crippen LogP contribution in [0.5, 0.6) is 0 Å². The van der Waals surface area contributed by atoms with E-state index in [4.69, 9.17) is 20.4 Å². The van der Waals surface area contributed by atoms with E-state index in [1.54, 1.807) is 6.20 Å². The van der Waals surface area contributed by atoms with E-state index in [0.29, 0.717) is 19.0 Å². The molecule has 0 bridgehead atoms. The van der Waals surface area contributed by atoms with Crippen molar-refractivity contribution in [3.8, 4) is 22.6 Å². The number of morpholine rings is 1. The molecule has 0 spiro atoms. The van der Waals surface area contributed by atoms with Crippen molar-refractivity contribution in [3.63, 3.8) is 0 Å². The van der Waals surface area contributed by atoms with Crippen molar-refractivity contribution in [1.82, 2.24) is 15.0 Å². The lowest BCUT2D eigenvalue weighted by molar-refractivity contribution is 0.122. The molecule has 26 heavy (non-hydrogen) atoms. The molecule has 0 atom stereocenters. The van der Waals surface area contributed by atoms with Gasteiger partial charge in [0.2, 0.25) is 0 Å². The molecule has 0 saturated carbocycles. The molecule has 6 nitrogen and oxygen atoms in total. The number of hydrogen-bond donors (Lipinski definition) is 1. The summed E-state index contributed by atoms with van der Waals surface area (Å²) >= 11 is 0. The second kappa shape index (κ2) is 7.09. The molecule has 3 aromatic rings. The summed E-state index contributed by atoms with van der Waals surface area (Å²) in [6, 6.07) is 11.6. The largest absolute Gasteiger partial charge is 0.399 e. The van der Waals surface area contributed by atoms with Crippen molar-refractivity contribution in [2.45, 2.75) is 6.92 Å². The second-order valence-electron chi connectivity index (χ2n) is 6.31. The van der Waals surface area contributed by atoms with Crippen LogP contribution in [0.1, 0.15) is 5.56 Å². The van der Waals surface area contributed by atoms with Crippen molar-refractivity contribution in [2.75, 3.05) is 36.9 Å². The normalized spacial score (nSPS) is 14.4. The summed E-state index contributed by atoms with van der Waals surface area (Å²) in [5, 5.41) is 0. The fourth-order valence-electron chi connectivity index (χ4n) is 3.13. The predicted octanol–water partition coefficient (Wildman–Crippen LogP) is 2.93. The molecule has 1 aromatic carbocycles. The molecule has 2 N–H and O–H groups in total. The zero-order valence-corrected chi connectivity index (χ0v) is 14.7. The average Bonchev–Trinajstić information content (AvgIpc) is 2.70. The van der Waals surface area contributed by atoms with E-state index >= 15 is 0 Å². The van der Waals surface area contributed by atoms with Gasteiger partial charge in [-0.2, -0.15) is 0 Å². The number of ether oxygens (including phenoxy) is 1. The Labute approximate surface area is 152 Å². The second-order valence-corrected chi connectivity index (χ2v) is 6.31. The summed E-state index contributed by atoms with van der Waals surface area (Å²) in [7, 11) is 0. The number of benzene rings is 1. The summed E-state index contributed by atoms with van der Waals surface area (Å²) in [4.78, 5) is 16.2. The monoisotopic (exact) mass is 347 g/mol. The van der Waals surface area contributed by atoms with Crippen LogP contribution in [0.4, 0.5) is 11.5 Å². The molecule has 3 heterocycles. The highest BCUT2D eigenvalue weighted by Crippen LogP contribution is 2.31. The molecule has 1 aliphatic rings. The summed E-state index contributed by atoms with van der Waals surface area (Å²) in [5.41, 5.74) is 10.4. The van der Waals surface area contributed by atoms with Crippen LogP contribution < -0.4 is 10.6 Å². The Bertz CT molecular complexity index is 890. The summed E-state index contributed by atoms with van der Waals surface area (Å²) in [6.45, 7) is 5.14. The van der Waals surface area contributed by atoms with E-state index in [0.717, 1.165) is 47.0 Å². The van der Waals surface area contributed by atoms with Crippen LogP contribution in [0.2, 0.25) is 0 Å². The van der Waals surface area contributed by atoms with Crippen LogP contribution in [0.3, 0.4) is 0 Å². The SMILES string of the molecule is Cc1c(-c2cccnc2)nc(-c2ccc(N)cc2)nc1N1CCOCC1. The van der Waals surface area contributed by atoms with E-state index in [-0.39, 0.29) is 0 Å². The van der Waals surface area contributed by atoms with Gasteiger partial charge in [0.15, 0.2) is 5.82 Å². The van der Waals surface area contributed by atoms with Gasteiger partial charge >= 0.3 is 0 Å². The maximum atomic E-state index is 5.83. The number of aromatic nitrogens is 3. The third-order valence-electron chi connectivity index (χ3n) is 4.53.